The monoisotopic (exact) mass is 460 g/mol. The summed E-state index contributed by atoms with van der Waals surface area (Å²) >= 11 is 0. The Morgan fingerprint density at radius 2 is 0.676 bits per heavy atom. The SMILES string of the molecule is Oc1cccc(O)c1C12CC3CC(c4c(O)cccc4O)(C1)CC(c1c(O)cccc1O)(C3)C2. The van der Waals surface area contributed by atoms with Gasteiger partial charge in [0.2, 0.25) is 0 Å². The van der Waals surface area contributed by atoms with E-state index in [1.54, 1.807) is 54.6 Å². The number of hydrogen-bond donors (Lipinski definition) is 6. The lowest BCUT2D eigenvalue weighted by Gasteiger charge is -2.67. The van der Waals surface area contributed by atoms with Crippen LogP contribution >= 0.6 is 0 Å². The number of hydrogen-bond acceptors (Lipinski definition) is 6. The fourth-order valence-electron chi connectivity index (χ4n) is 8.49. The van der Waals surface area contributed by atoms with E-state index in [1.165, 1.54) is 0 Å². The minimum absolute atomic E-state index is 0.00950. The molecule has 6 nitrogen and oxygen atoms in total. The molecular formula is C28H28O6. The fraction of sp³-hybridized carbons (Fsp3) is 0.357. The summed E-state index contributed by atoms with van der Waals surface area (Å²) in [6.45, 7) is 0. The van der Waals surface area contributed by atoms with E-state index in [0.717, 1.165) is 19.3 Å². The first-order valence-corrected chi connectivity index (χ1v) is 11.7. The number of phenolic OH excluding ortho intramolecular Hbond substituents is 6. The van der Waals surface area contributed by atoms with Gasteiger partial charge in [-0.15, -0.1) is 0 Å². The molecule has 4 saturated carbocycles. The van der Waals surface area contributed by atoms with Gasteiger partial charge in [-0.05, 0) is 80.8 Å². The second kappa shape index (κ2) is 6.75. The standard InChI is InChI=1S/C28H28O6/c29-17-4-1-5-18(30)23(17)26-10-16-11-27(13-26,24-19(31)6-2-7-20(24)32)15-28(12-16,14-26)25-21(33)8-3-9-22(25)34/h1-9,16,29-34H,10-15H2. The van der Waals surface area contributed by atoms with E-state index in [0.29, 0.717) is 36.0 Å². The Balaban J connectivity index is 1.66. The highest BCUT2D eigenvalue weighted by Gasteiger charge is 2.67. The third-order valence-corrected chi connectivity index (χ3v) is 8.72. The molecule has 0 atom stereocenters. The molecule has 4 aliphatic carbocycles. The van der Waals surface area contributed by atoms with Crippen LogP contribution in [-0.2, 0) is 16.2 Å². The van der Waals surface area contributed by atoms with Crippen LogP contribution in [0.15, 0.2) is 54.6 Å². The highest BCUT2D eigenvalue weighted by Crippen LogP contribution is 2.74. The summed E-state index contributed by atoms with van der Waals surface area (Å²) in [5, 5.41) is 65.5. The maximum Gasteiger partial charge on any atom is 0.123 e. The Hall–Kier alpha value is -3.54. The Morgan fingerprint density at radius 1 is 0.441 bits per heavy atom. The maximum atomic E-state index is 10.9. The Labute approximate surface area is 197 Å². The van der Waals surface area contributed by atoms with E-state index >= 15 is 0 Å². The van der Waals surface area contributed by atoms with Gasteiger partial charge in [-0.1, -0.05) is 18.2 Å². The molecule has 0 saturated heterocycles. The van der Waals surface area contributed by atoms with Crippen LogP contribution in [0.3, 0.4) is 0 Å². The van der Waals surface area contributed by atoms with Gasteiger partial charge in [0.15, 0.2) is 0 Å². The van der Waals surface area contributed by atoms with Gasteiger partial charge in [-0.3, -0.25) is 0 Å². The molecule has 176 valence electrons. The lowest BCUT2D eigenvalue weighted by molar-refractivity contribution is -0.0534. The summed E-state index contributed by atoms with van der Waals surface area (Å²) in [5.74, 6) is 0.190. The van der Waals surface area contributed by atoms with E-state index in [2.05, 4.69) is 0 Å². The van der Waals surface area contributed by atoms with Crippen LogP contribution in [0, 0.1) is 5.92 Å². The molecule has 3 aromatic carbocycles. The molecule has 6 N–H and O–H groups in total. The van der Waals surface area contributed by atoms with Crippen molar-refractivity contribution in [2.24, 2.45) is 5.92 Å². The van der Waals surface area contributed by atoms with Gasteiger partial charge in [0.25, 0.3) is 0 Å². The second-order valence-electron chi connectivity index (χ2n) is 10.9. The van der Waals surface area contributed by atoms with Crippen molar-refractivity contribution in [2.45, 2.75) is 54.8 Å². The largest absolute Gasteiger partial charge is 0.508 e. The lowest BCUT2D eigenvalue weighted by Crippen LogP contribution is -2.62. The third-order valence-electron chi connectivity index (χ3n) is 8.72. The number of benzene rings is 3. The van der Waals surface area contributed by atoms with Crippen molar-refractivity contribution in [3.63, 3.8) is 0 Å². The van der Waals surface area contributed by atoms with Crippen molar-refractivity contribution in [3.05, 3.63) is 71.3 Å². The molecule has 0 aromatic heterocycles. The average Bonchev–Trinajstić information content (AvgIpc) is 2.72. The molecule has 0 radical (unpaired) electrons. The molecule has 4 fully saturated rings. The summed E-state index contributed by atoms with van der Waals surface area (Å²) in [7, 11) is 0. The van der Waals surface area contributed by atoms with E-state index in [1.807, 2.05) is 0 Å². The van der Waals surface area contributed by atoms with Gasteiger partial charge >= 0.3 is 0 Å². The van der Waals surface area contributed by atoms with Crippen LogP contribution in [0.25, 0.3) is 0 Å². The second-order valence-corrected chi connectivity index (χ2v) is 10.9. The number of aromatic hydroxyl groups is 6. The van der Waals surface area contributed by atoms with Crippen LogP contribution in [0.4, 0.5) is 0 Å². The smallest absolute Gasteiger partial charge is 0.123 e. The summed E-state index contributed by atoms with van der Waals surface area (Å²) in [6, 6.07) is 14.2. The van der Waals surface area contributed by atoms with Gasteiger partial charge in [-0.2, -0.15) is 0 Å². The predicted molar refractivity (Wildman–Crippen MR) is 126 cm³/mol. The Kier molecular flexibility index (Phi) is 4.17. The zero-order chi connectivity index (χ0) is 23.9. The van der Waals surface area contributed by atoms with Gasteiger partial charge in [0.05, 0.1) is 0 Å². The molecule has 0 heterocycles. The van der Waals surface area contributed by atoms with Crippen molar-refractivity contribution in [1.29, 1.82) is 0 Å². The van der Waals surface area contributed by atoms with Crippen LogP contribution in [0.2, 0.25) is 0 Å². The minimum atomic E-state index is -0.668. The van der Waals surface area contributed by atoms with Crippen molar-refractivity contribution in [1.82, 2.24) is 0 Å². The maximum absolute atomic E-state index is 10.9. The predicted octanol–water partition coefficient (Wildman–Crippen LogP) is 5.03. The molecule has 0 aliphatic heterocycles. The molecule has 4 bridgehead atoms. The molecular weight excluding hydrogens is 432 g/mol. The molecule has 7 rings (SSSR count). The van der Waals surface area contributed by atoms with Crippen molar-refractivity contribution < 1.29 is 30.6 Å². The minimum Gasteiger partial charge on any atom is -0.508 e. The highest BCUT2D eigenvalue weighted by atomic mass is 16.3. The zero-order valence-corrected chi connectivity index (χ0v) is 18.7. The molecule has 34 heavy (non-hydrogen) atoms. The molecule has 0 spiro atoms. The fourth-order valence-corrected chi connectivity index (χ4v) is 8.49. The van der Waals surface area contributed by atoms with Gasteiger partial charge in [-0.25, -0.2) is 0 Å². The summed E-state index contributed by atoms with van der Waals surface area (Å²) in [4.78, 5) is 0. The van der Waals surface area contributed by atoms with Gasteiger partial charge in [0.1, 0.15) is 34.5 Å². The number of rotatable bonds is 3. The molecule has 6 heteroatoms. The molecule has 0 unspecified atom stereocenters. The summed E-state index contributed by atoms with van der Waals surface area (Å²) in [6.07, 6.45) is 3.73. The quantitative estimate of drug-likeness (QED) is 0.326. The van der Waals surface area contributed by atoms with Crippen molar-refractivity contribution >= 4 is 0 Å². The van der Waals surface area contributed by atoms with Crippen molar-refractivity contribution in [3.8, 4) is 34.5 Å². The van der Waals surface area contributed by atoms with E-state index in [9.17, 15) is 30.6 Å². The van der Waals surface area contributed by atoms with Gasteiger partial charge in [0, 0.05) is 32.9 Å². The third kappa shape index (κ3) is 2.68. The zero-order valence-electron chi connectivity index (χ0n) is 18.7. The van der Waals surface area contributed by atoms with Crippen LogP contribution in [0.1, 0.15) is 55.2 Å². The van der Waals surface area contributed by atoms with Crippen LogP contribution in [-0.4, -0.2) is 30.6 Å². The summed E-state index contributed by atoms with van der Waals surface area (Å²) in [5.41, 5.74) is -0.595. The van der Waals surface area contributed by atoms with Crippen LogP contribution < -0.4 is 0 Å². The molecule has 4 aliphatic rings. The Bertz CT molecular complexity index is 1090. The first-order valence-electron chi connectivity index (χ1n) is 11.7. The van der Waals surface area contributed by atoms with E-state index in [-0.39, 0.29) is 40.4 Å². The molecule has 0 amide bonds. The van der Waals surface area contributed by atoms with E-state index < -0.39 is 16.2 Å². The normalized spacial score (nSPS) is 31.6. The first-order chi connectivity index (χ1) is 16.2. The van der Waals surface area contributed by atoms with Crippen LogP contribution in [0.5, 0.6) is 34.5 Å². The molecule has 3 aromatic rings. The van der Waals surface area contributed by atoms with E-state index in [4.69, 9.17) is 0 Å². The Morgan fingerprint density at radius 3 is 0.912 bits per heavy atom. The average molecular weight is 461 g/mol. The lowest BCUT2D eigenvalue weighted by atomic mass is 9.36. The number of phenols is 6. The highest BCUT2D eigenvalue weighted by molar-refractivity contribution is 5.59. The topological polar surface area (TPSA) is 121 Å². The summed E-state index contributed by atoms with van der Waals surface area (Å²) < 4.78 is 0. The van der Waals surface area contributed by atoms with Gasteiger partial charge < -0.3 is 30.6 Å². The van der Waals surface area contributed by atoms with Crippen molar-refractivity contribution in [2.75, 3.05) is 0 Å². The first kappa shape index (κ1) is 21.0.